The van der Waals surface area contributed by atoms with Crippen LogP contribution in [0.25, 0.3) is 11.3 Å². The highest BCUT2D eigenvalue weighted by Gasteiger charge is 2.21. The Morgan fingerprint density at radius 3 is 2.36 bits per heavy atom. The maximum absolute atomic E-state index is 13.2. The number of nitrogens with zero attached hydrogens (tertiary/aromatic N) is 1. The maximum Gasteiger partial charge on any atom is 0.268 e. The Morgan fingerprint density at radius 2 is 1.64 bits per heavy atom. The van der Waals surface area contributed by atoms with Crippen molar-refractivity contribution in [3.05, 3.63) is 94.3 Å². The zero-order valence-electron chi connectivity index (χ0n) is 18.3. The number of carbonyl (C=O) groups is 2. The van der Waals surface area contributed by atoms with E-state index in [0.717, 1.165) is 16.8 Å². The molecule has 2 N–H and O–H groups in total. The van der Waals surface area contributed by atoms with E-state index >= 15 is 0 Å². The van der Waals surface area contributed by atoms with Gasteiger partial charge < -0.3 is 15.4 Å². The van der Waals surface area contributed by atoms with Crippen LogP contribution in [-0.4, -0.2) is 23.9 Å². The van der Waals surface area contributed by atoms with Crippen LogP contribution in [-0.2, 0) is 11.2 Å². The molecule has 0 radical (unpaired) electrons. The molecule has 0 bridgehead atoms. The summed E-state index contributed by atoms with van der Waals surface area (Å²) in [6.07, 6.45) is 0.0743. The quantitative estimate of drug-likeness (QED) is 0.381. The van der Waals surface area contributed by atoms with Crippen LogP contribution in [0.5, 0.6) is 5.75 Å². The number of hydrogen-bond donors (Lipinski definition) is 2. The molecule has 7 heteroatoms. The minimum absolute atomic E-state index is 0.0743. The van der Waals surface area contributed by atoms with Crippen LogP contribution in [0.4, 0.5) is 11.4 Å². The van der Waals surface area contributed by atoms with E-state index in [0.29, 0.717) is 27.0 Å². The number of methoxy groups -OCH3 is 1. The molecule has 0 unspecified atom stereocenters. The molecule has 0 atom stereocenters. The lowest BCUT2D eigenvalue weighted by Gasteiger charge is -2.07. The lowest BCUT2D eigenvalue weighted by atomic mass is 10.1. The van der Waals surface area contributed by atoms with Gasteiger partial charge >= 0.3 is 0 Å². The lowest BCUT2D eigenvalue weighted by molar-refractivity contribution is -0.115. The maximum atomic E-state index is 13.2. The van der Waals surface area contributed by atoms with Gasteiger partial charge in [-0.2, -0.15) is 0 Å². The van der Waals surface area contributed by atoms with Crippen LogP contribution in [0.3, 0.4) is 0 Å². The average Bonchev–Trinajstić information content (AvgIpc) is 3.23. The van der Waals surface area contributed by atoms with Gasteiger partial charge in [-0.15, -0.1) is 11.3 Å². The van der Waals surface area contributed by atoms with E-state index in [1.807, 2.05) is 67.6 Å². The third-order valence-corrected chi connectivity index (χ3v) is 5.92. The normalized spacial score (nSPS) is 10.5. The van der Waals surface area contributed by atoms with Crippen molar-refractivity contribution in [1.82, 2.24) is 4.98 Å². The van der Waals surface area contributed by atoms with Crippen LogP contribution >= 0.6 is 11.3 Å². The zero-order valence-corrected chi connectivity index (χ0v) is 19.1. The van der Waals surface area contributed by atoms with Gasteiger partial charge in [0.15, 0.2) is 0 Å². The predicted molar refractivity (Wildman–Crippen MR) is 132 cm³/mol. The number of anilines is 2. The van der Waals surface area contributed by atoms with Crippen LogP contribution in [0.1, 0.15) is 20.2 Å². The zero-order chi connectivity index (χ0) is 23.2. The van der Waals surface area contributed by atoms with Crippen molar-refractivity contribution >= 4 is 34.5 Å². The van der Waals surface area contributed by atoms with Gasteiger partial charge in [-0.3, -0.25) is 9.59 Å². The smallest absolute Gasteiger partial charge is 0.268 e. The Hall–Kier alpha value is -3.97. The average molecular weight is 458 g/mol. The number of ether oxygens (including phenoxy) is 1. The molecule has 4 rings (SSSR count). The van der Waals surface area contributed by atoms with Gasteiger partial charge in [0, 0.05) is 23.0 Å². The molecule has 2 amide bonds. The first kappa shape index (κ1) is 22.2. The number of hydrogen-bond acceptors (Lipinski definition) is 5. The molecule has 0 saturated carbocycles. The molecule has 0 saturated heterocycles. The first-order valence-electron chi connectivity index (χ1n) is 10.4. The number of carbonyl (C=O) groups excluding carboxylic acids is 2. The molecule has 33 heavy (non-hydrogen) atoms. The Balaban J connectivity index is 1.59. The molecular weight excluding hydrogens is 434 g/mol. The summed E-state index contributed by atoms with van der Waals surface area (Å²) in [6, 6.07) is 24.2. The standard InChI is InChI=1S/C26H23N3O3S/c1-17-8-6-11-19(14-17)27-22(30)16-23-29-24(18-9-4-3-5-10-18)25(33-23)26(31)28-20-12-7-13-21(15-20)32-2/h3-15H,16H2,1-2H3,(H,27,30)(H,28,31). The second-order valence-electron chi connectivity index (χ2n) is 7.43. The number of aryl methyl sites for hydroxylation is 1. The number of rotatable bonds is 7. The third kappa shape index (κ3) is 5.64. The summed E-state index contributed by atoms with van der Waals surface area (Å²) in [7, 11) is 1.58. The predicted octanol–water partition coefficient (Wildman–Crippen LogP) is 5.56. The van der Waals surface area contributed by atoms with Gasteiger partial charge in [0.05, 0.1) is 19.2 Å². The van der Waals surface area contributed by atoms with Crippen molar-refractivity contribution in [1.29, 1.82) is 0 Å². The van der Waals surface area contributed by atoms with Gasteiger partial charge in [0.2, 0.25) is 5.91 Å². The first-order valence-corrected chi connectivity index (χ1v) is 11.2. The van der Waals surface area contributed by atoms with Gasteiger partial charge in [-0.05, 0) is 36.8 Å². The van der Waals surface area contributed by atoms with Crippen molar-refractivity contribution in [3.8, 4) is 17.0 Å². The Kier molecular flexibility index (Phi) is 6.80. The molecule has 6 nitrogen and oxygen atoms in total. The van der Waals surface area contributed by atoms with E-state index in [4.69, 9.17) is 4.74 Å². The summed E-state index contributed by atoms with van der Waals surface area (Å²) in [6.45, 7) is 1.97. The highest BCUT2D eigenvalue weighted by molar-refractivity contribution is 7.14. The van der Waals surface area contributed by atoms with Crippen molar-refractivity contribution in [2.75, 3.05) is 17.7 Å². The van der Waals surface area contributed by atoms with Crippen LogP contribution in [0.15, 0.2) is 78.9 Å². The Labute approximate surface area is 196 Å². The lowest BCUT2D eigenvalue weighted by Crippen LogP contribution is -2.14. The third-order valence-electron chi connectivity index (χ3n) is 4.87. The minimum atomic E-state index is -0.287. The van der Waals surface area contributed by atoms with Gasteiger partial charge in [0.1, 0.15) is 15.6 Å². The summed E-state index contributed by atoms with van der Waals surface area (Å²) < 4.78 is 5.23. The topological polar surface area (TPSA) is 80.3 Å². The number of aromatic nitrogens is 1. The summed E-state index contributed by atoms with van der Waals surface area (Å²) in [5, 5.41) is 6.37. The number of amides is 2. The highest BCUT2D eigenvalue weighted by Crippen LogP contribution is 2.30. The molecule has 1 aromatic heterocycles. The summed E-state index contributed by atoms with van der Waals surface area (Å²) in [5.74, 6) is 0.174. The first-order chi connectivity index (χ1) is 16.0. The van der Waals surface area contributed by atoms with E-state index in [1.165, 1.54) is 11.3 Å². The van der Waals surface area contributed by atoms with E-state index in [1.54, 1.807) is 25.3 Å². The largest absolute Gasteiger partial charge is 0.497 e. The van der Waals surface area contributed by atoms with Crippen molar-refractivity contribution in [3.63, 3.8) is 0 Å². The summed E-state index contributed by atoms with van der Waals surface area (Å²) in [5.41, 5.74) is 3.78. The number of nitrogens with one attached hydrogen (secondary N) is 2. The Bertz CT molecular complexity index is 1280. The molecule has 4 aromatic rings. The van der Waals surface area contributed by atoms with Crippen LogP contribution in [0, 0.1) is 6.92 Å². The highest BCUT2D eigenvalue weighted by atomic mass is 32.1. The van der Waals surface area contributed by atoms with Crippen molar-refractivity contribution in [2.45, 2.75) is 13.3 Å². The van der Waals surface area contributed by atoms with E-state index in [2.05, 4.69) is 15.6 Å². The van der Waals surface area contributed by atoms with Crippen LogP contribution < -0.4 is 15.4 Å². The molecule has 166 valence electrons. The fraction of sp³-hybridized carbons (Fsp3) is 0.115. The summed E-state index contributed by atoms with van der Waals surface area (Å²) >= 11 is 1.22. The SMILES string of the molecule is COc1cccc(NC(=O)c2sc(CC(=O)Nc3cccc(C)c3)nc2-c2ccccc2)c1. The second-order valence-corrected chi connectivity index (χ2v) is 8.52. The molecule has 0 aliphatic rings. The van der Waals surface area contributed by atoms with Gasteiger partial charge in [-0.1, -0.05) is 48.5 Å². The summed E-state index contributed by atoms with van der Waals surface area (Å²) in [4.78, 5) is 30.9. The monoisotopic (exact) mass is 457 g/mol. The van der Waals surface area contributed by atoms with Crippen molar-refractivity contribution in [2.24, 2.45) is 0 Å². The molecule has 0 spiro atoms. The fourth-order valence-corrected chi connectivity index (χ4v) is 4.32. The van der Waals surface area contributed by atoms with Crippen molar-refractivity contribution < 1.29 is 14.3 Å². The molecule has 3 aromatic carbocycles. The number of thiazole rings is 1. The molecular formula is C26H23N3O3S. The second kappa shape index (κ2) is 10.1. The molecule has 1 heterocycles. The minimum Gasteiger partial charge on any atom is -0.497 e. The fourth-order valence-electron chi connectivity index (χ4n) is 3.34. The number of benzene rings is 3. The van der Waals surface area contributed by atoms with Crippen LogP contribution in [0.2, 0.25) is 0 Å². The Morgan fingerprint density at radius 1 is 0.909 bits per heavy atom. The molecule has 0 aliphatic heterocycles. The van der Waals surface area contributed by atoms with Gasteiger partial charge in [0.25, 0.3) is 5.91 Å². The molecule has 0 aliphatic carbocycles. The van der Waals surface area contributed by atoms with Gasteiger partial charge in [-0.25, -0.2) is 4.98 Å². The van der Waals surface area contributed by atoms with E-state index in [-0.39, 0.29) is 18.2 Å². The molecule has 0 fully saturated rings. The van der Waals surface area contributed by atoms with E-state index in [9.17, 15) is 9.59 Å². The van der Waals surface area contributed by atoms with E-state index < -0.39 is 0 Å².